The minimum absolute atomic E-state index is 0.0836. The Kier molecular flexibility index (Phi) is 2.90. The standard InChI is InChI=1S/C25H17N3O5/c29-22-19-13(10-26-22)17-11-5-1-4-8-15(11)28-20(17)21-18(19)12-6-2-3-7-14(12)27(21)16-9-25(32,24(30)31)23(28)33-16/h2-3,5-8,16,20-21,23,32H,9-10H2,(H,26,29)(H,30,31). The number of carbonyl (C=O) groups is 2. The summed E-state index contributed by atoms with van der Waals surface area (Å²) >= 11 is 0. The van der Waals surface area contributed by atoms with Gasteiger partial charge in [0.05, 0.1) is 23.4 Å². The molecule has 1 amide bonds. The van der Waals surface area contributed by atoms with Gasteiger partial charge >= 0.3 is 5.97 Å². The third kappa shape index (κ3) is 1.78. The van der Waals surface area contributed by atoms with Crippen LogP contribution in [0.2, 0.25) is 0 Å². The van der Waals surface area contributed by atoms with Crippen molar-refractivity contribution in [2.75, 3.05) is 11.4 Å². The quantitative estimate of drug-likeness (QED) is 0.556. The first kappa shape index (κ1) is 17.7. The highest BCUT2D eigenvalue weighted by Gasteiger charge is 2.67. The number of nitrogens with one attached hydrogen (secondary N) is 1. The molecule has 5 heterocycles. The number of anilines is 1. The maximum atomic E-state index is 13.1. The molecule has 162 valence electrons. The summed E-state index contributed by atoms with van der Waals surface area (Å²) in [5, 5.41) is 24.5. The maximum Gasteiger partial charge on any atom is 0.340 e. The number of carbonyl (C=O) groups excluding carboxylic acids is 1. The largest absolute Gasteiger partial charge is 0.479 e. The van der Waals surface area contributed by atoms with Crippen LogP contribution in [0.3, 0.4) is 0 Å². The molecule has 7 aliphatic rings. The Morgan fingerprint density at radius 1 is 1.15 bits per heavy atom. The number of ether oxygens (including phenoxy) is 1. The Morgan fingerprint density at radius 3 is 2.79 bits per heavy atom. The third-order valence-corrected chi connectivity index (χ3v) is 7.98. The molecule has 5 aliphatic heterocycles. The van der Waals surface area contributed by atoms with Gasteiger partial charge < -0.3 is 30.1 Å². The van der Waals surface area contributed by atoms with Gasteiger partial charge in [0.1, 0.15) is 6.23 Å². The fourth-order valence-corrected chi connectivity index (χ4v) is 6.80. The summed E-state index contributed by atoms with van der Waals surface area (Å²) in [6.45, 7) is 0.405. The molecular formula is C25H17N3O5. The van der Waals surface area contributed by atoms with E-state index in [1.54, 1.807) is 6.08 Å². The van der Waals surface area contributed by atoms with Crippen molar-refractivity contribution in [3.63, 3.8) is 0 Å². The molecule has 8 nitrogen and oxygen atoms in total. The Labute approximate surface area is 187 Å². The minimum Gasteiger partial charge on any atom is -0.479 e. The number of allylic oxidation sites excluding steroid dienone is 2. The van der Waals surface area contributed by atoms with Gasteiger partial charge in [-0.25, -0.2) is 4.79 Å². The van der Waals surface area contributed by atoms with E-state index < -0.39 is 24.0 Å². The smallest absolute Gasteiger partial charge is 0.340 e. The van der Waals surface area contributed by atoms with E-state index >= 15 is 0 Å². The lowest BCUT2D eigenvalue weighted by atomic mass is 9.77. The first-order chi connectivity index (χ1) is 16.0. The van der Waals surface area contributed by atoms with Crippen LogP contribution in [0.5, 0.6) is 0 Å². The van der Waals surface area contributed by atoms with Crippen molar-refractivity contribution in [3.05, 3.63) is 81.4 Å². The Morgan fingerprint density at radius 2 is 1.94 bits per heavy atom. The number of fused-ring (bicyclic) bond motifs is 10. The normalized spacial score (nSPS) is 35.7. The molecule has 0 radical (unpaired) electrons. The van der Waals surface area contributed by atoms with Gasteiger partial charge in [0.15, 0.2) is 6.23 Å². The SMILES string of the molecule is O=C1NCC2=C3C4=C(C=C=C=C4)N4C3C3C(=C12)c1ccccc1N3C1CC(O)(C(=O)O)C4O1. The number of aliphatic hydroxyl groups is 1. The van der Waals surface area contributed by atoms with Crippen LogP contribution in [-0.2, 0) is 14.3 Å². The Bertz CT molecular complexity index is 1450. The highest BCUT2D eigenvalue weighted by Crippen LogP contribution is 2.60. The zero-order valence-electron chi connectivity index (χ0n) is 17.2. The van der Waals surface area contributed by atoms with E-state index in [1.165, 1.54) is 0 Å². The van der Waals surface area contributed by atoms with Crippen LogP contribution in [0.4, 0.5) is 5.69 Å². The molecule has 2 aliphatic carbocycles. The number of amides is 1. The summed E-state index contributed by atoms with van der Waals surface area (Å²) in [6, 6.07) is 7.28. The molecule has 2 bridgehead atoms. The van der Waals surface area contributed by atoms with Gasteiger partial charge in [-0.05, 0) is 28.9 Å². The van der Waals surface area contributed by atoms with Crippen molar-refractivity contribution in [1.82, 2.24) is 10.2 Å². The highest BCUT2D eigenvalue weighted by atomic mass is 16.6. The zero-order valence-corrected chi connectivity index (χ0v) is 17.2. The topological polar surface area (TPSA) is 102 Å². The fourth-order valence-electron chi connectivity index (χ4n) is 6.80. The highest BCUT2D eigenvalue weighted by molar-refractivity contribution is 6.13. The number of nitrogens with zero attached hydrogens (tertiary/aromatic N) is 2. The molecule has 0 spiro atoms. The monoisotopic (exact) mass is 439 g/mol. The van der Waals surface area contributed by atoms with Crippen molar-refractivity contribution in [1.29, 1.82) is 0 Å². The average Bonchev–Trinajstić information content (AvgIpc) is 3.51. The second-order valence-electron chi connectivity index (χ2n) is 9.34. The second-order valence-corrected chi connectivity index (χ2v) is 9.34. The van der Waals surface area contributed by atoms with E-state index in [9.17, 15) is 19.8 Å². The van der Waals surface area contributed by atoms with Gasteiger partial charge in [0, 0.05) is 35.9 Å². The lowest BCUT2D eigenvalue weighted by Gasteiger charge is -2.44. The van der Waals surface area contributed by atoms with Crippen LogP contribution in [0, 0.1) is 0 Å². The number of carboxylic acids is 1. The molecule has 0 aromatic heterocycles. The van der Waals surface area contributed by atoms with Crippen LogP contribution in [0.25, 0.3) is 5.57 Å². The van der Waals surface area contributed by atoms with E-state index in [4.69, 9.17) is 4.74 Å². The summed E-state index contributed by atoms with van der Waals surface area (Å²) < 4.78 is 6.37. The van der Waals surface area contributed by atoms with Crippen LogP contribution < -0.4 is 10.2 Å². The van der Waals surface area contributed by atoms with Gasteiger partial charge in [-0.3, -0.25) is 4.79 Å². The van der Waals surface area contributed by atoms with E-state index in [0.29, 0.717) is 12.1 Å². The first-order valence-corrected chi connectivity index (χ1v) is 11.0. The Hall–Kier alpha value is -3.80. The zero-order chi connectivity index (χ0) is 22.2. The molecule has 1 aromatic carbocycles. The summed E-state index contributed by atoms with van der Waals surface area (Å²) in [5.41, 5.74) is 10.9. The number of carboxylic acid groups (broad SMARTS) is 1. The molecular weight excluding hydrogens is 422 g/mol. The number of hydrogen-bond donors (Lipinski definition) is 3. The molecule has 3 saturated heterocycles. The lowest BCUT2D eigenvalue weighted by molar-refractivity contribution is -0.176. The van der Waals surface area contributed by atoms with Gasteiger partial charge in [0.2, 0.25) is 5.60 Å². The molecule has 8 heteroatoms. The number of aliphatic carboxylic acids is 1. The van der Waals surface area contributed by atoms with Crippen LogP contribution in [0.1, 0.15) is 12.0 Å². The number of para-hydroxylation sites is 1. The lowest BCUT2D eigenvalue weighted by Crippen LogP contribution is -2.61. The Balaban J connectivity index is 1.51. The second kappa shape index (κ2) is 5.39. The van der Waals surface area contributed by atoms with E-state index in [2.05, 4.69) is 21.7 Å². The molecule has 5 atom stereocenters. The predicted molar refractivity (Wildman–Crippen MR) is 114 cm³/mol. The molecule has 33 heavy (non-hydrogen) atoms. The number of benzene rings is 1. The van der Waals surface area contributed by atoms with E-state index in [0.717, 1.165) is 39.2 Å². The third-order valence-electron chi connectivity index (χ3n) is 7.98. The van der Waals surface area contributed by atoms with Crippen LogP contribution in [0.15, 0.2) is 75.9 Å². The molecule has 8 rings (SSSR count). The van der Waals surface area contributed by atoms with Crippen LogP contribution >= 0.6 is 0 Å². The van der Waals surface area contributed by atoms with Gasteiger partial charge in [-0.1, -0.05) is 29.7 Å². The average molecular weight is 439 g/mol. The molecule has 1 aromatic rings. The predicted octanol–water partition coefficient (Wildman–Crippen LogP) is 0.789. The number of rotatable bonds is 1. The van der Waals surface area contributed by atoms with Crippen molar-refractivity contribution < 1.29 is 24.5 Å². The summed E-state index contributed by atoms with van der Waals surface area (Å²) in [6.07, 6.45) is 1.78. The van der Waals surface area contributed by atoms with Gasteiger partial charge in [-0.2, -0.15) is 0 Å². The van der Waals surface area contributed by atoms with Crippen molar-refractivity contribution >= 4 is 23.1 Å². The van der Waals surface area contributed by atoms with Gasteiger partial charge in [0.25, 0.3) is 5.91 Å². The number of hydrogen-bond acceptors (Lipinski definition) is 6. The molecule has 0 saturated carbocycles. The molecule has 3 fully saturated rings. The maximum absolute atomic E-state index is 13.1. The van der Waals surface area contributed by atoms with E-state index in [1.807, 2.05) is 35.2 Å². The van der Waals surface area contributed by atoms with E-state index in [-0.39, 0.29) is 24.4 Å². The summed E-state index contributed by atoms with van der Waals surface area (Å²) in [5.74, 6) is -1.40. The molecule has 3 N–H and O–H groups in total. The van der Waals surface area contributed by atoms with Gasteiger partial charge in [-0.15, -0.1) is 0 Å². The van der Waals surface area contributed by atoms with Crippen molar-refractivity contribution in [2.45, 2.75) is 36.6 Å². The van der Waals surface area contributed by atoms with Crippen molar-refractivity contribution in [3.8, 4) is 0 Å². The van der Waals surface area contributed by atoms with Crippen molar-refractivity contribution in [2.24, 2.45) is 0 Å². The molecule has 5 unspecified atom stereocenters. The fraction of sp³-hybridized carbons (Fsp3) is 0.280. The first-order valence-electron chi connectivity index (χ1n) is 11.0. The van der Waals surface area contributed by atoms with Crippen LogP contribution in [-0.4, -0.2) is 63.7 Å². The summed E-state index contributed by atoms with van der Waals surface area (Å²) in [7, 11) is 0. The summed E-state index contributed by atoms with van der Waals surface area (Å²) in [4.78, 5) is 29.4. The minimum atomic E-state index is -2.09.